The highest BCUT2D eigenvalue weighted by Crippen LogP contribution is 2.19. The summed E-state index contributed by atoms with van der Waals surface area (Å²) in [4.78, 5) is 2.56. The first-order chi connectivity index (χ1) is 12.1. The molecular weight excluding hydrogens is 304 g/mol. The van der Waals surface area contributed by atoms with Gasteiger partial charge in [-0.2, -0.15) is 0 Å². The number of hydrogen-bond acceptors (Lipinski definition) is 2. The lowest BCUT2D eigenvalue weighted by atomic mass is 10.0. The van der Waals surface area contributed by atoms with Crippen LogP contribution in [-0.2, 0) is 6.54 Å². The number of piperidine rings is 1. The molecular formula is C23H30N2. The molecule has 3 rings (SSSR count). The molecule has 1 aromatic carbocycles. The maximum Gasteiger partial charge on any atom is 0.0345 e. The molecule has 1 heterocycles. The van der Waals surface area contributed by atoms with E-state index in [4.69, 9.17) is 0 Å². The first-order valence-corrected chi connectivity index (χ1v) is 9.46. The minimum Gasteiger partial charge on any atom is -0.382 e. The summed E-state index contributed by atoms with van der Waals surface area (Å²) in [5, 5.41) is 3.65. The first kappa shape index (κ1) is 17.8. The lowest BCUT2D eigenvalue weighted by Crippen LogP contribution is -2.41. The third-order valence-electron chi connectivity index (χ3n) is 5.13. The molecule has 1 aliphatic carbocycles. The average molecular weight is 335 g/mol. The van der Waals surface area contributed by atoms with Crippen molar-refractivity contribution in [1.29, 1.82) is 0 Å². The van der Waals surface area contributed by atoms with Crippen molar-refractivity contribution in [2.45, 2.75) is 45.7 Å². The van der Waals surface area contributed by atoms with Crippen LogP contribution in [-0.4, -0.2) is 24.0 Å². The SMILES string of the molecule is C=C(NC1CCN(Cc2cccc(C)c2)CC1)C1=CCC(C)C=C=C1. The second-order valence-electron chi connectivity index (χ2n) is 7.51. The maximum atomic E-state index is 4.26. The minimum absolute atomic E-state index is 0.528. The van der Waals surface area contributed by atoms with Crippen molar-refractivity contribution in [2.75, 3.05) is 13.1 Å². The molecule has 0 aromatic heterocycles. The van der Waals surface area contributed by atoms with Crippen molar-refractivity contribution in [3.05, 3.63) is 77.2 Å². The van der Waals surface area contributed by atoms with Crippen LogP contribution in [0.5, 0.6) is 0 Å². The fourth-order valence-electron chi connectivity index (χ4n) is 3.59. The zero-order valence-electron chi connectivity index (χ0n) is 15.6. The van der Waals surface area contributed by atoms with Gasteiger partial charge in [-0.05, 0) is 49.8 Å². The topological polar surface area (TPSA) is 15.3 Å². The van der Waals surface area contributed by atoms with E-state index in [9.17, 15) is 0 Å². The number of benzene rings is 1. The van der Waals surface area contributed by atoms with Gasteiger partial charge in [0.25, 0.3) is 0 Å². The van der Waals surface area contributed by atoms with Crippen molar-refractivity contribution in [3.8, 4) is 0 Å². The first-order valence-electron chi connectivity index (χ1n) is 9.46. The van der Waals surface area contributed by atoms with Crippen LogP contribution in [0, 0.1) is 12.8 Å². The van der Waals surface area contributed by atoms with Gasteiger partial charge in [-0.1, -0.05) is 49.4 Å². The molecule has 1 unspecified atom stereocenters. The average Bonchev–Trinajstić information content (AvgIpc) is 2.81. The minimum atomic E-state index is 0.528. The van der Waals surface area contributed by atoms with Gasteiger partial charge in [-0.3, -0.25) is 4.90 Å². The fourth-order valence-corrected chi connectivity index (χ4v) is 3.59. The van der Waals surface area contributed by atoms with Crippen LogP contribution in [0.3, 0.4) is 0 Å². The van der Waals surface area contributed by atoms with Gasteiger partial charge in [-0.25, -0.2) is 0 Å². The number of nitrogens with one attached hydrogen (secondary N) is 1. The summed E-state index contributed by atoms with van der Waals surface area (Å²) >= 11 is 0. The van der Waals surface area contributed by atoms with E-state index in [0.717, 1.165) is 31.8 Å². The van der Waals surface area contributed by atoms with Crippen molar-refractivity contribution in [1.82, 2.24) is 10.2 Å². The predicted octanol–water partition coefficient (Wildman–Crippen LogP) is 4.74. The molecule has 0 spiro atoms. The summed E-state index contributed by atoms with van der Waals surface area (Å²) in [6.45, 7) is 12.0. The van der Waals surface area contributed by atoms with Gasteiger partial charge >= 0.3 is 0 Å². The molecule has 2 aliphatic rings. The molecule has 0 amide bonds. The smallest absolute Gasteiger partial charge is 0.0345 e. The lowest BCUT2D eigenvalue weighted by molar-refractivity contribution is 0.195. The van der Waals surface area contributed by atoms with Gasteiger partial charge in [0, 0.05) is 36.9 Å². The molecule has 1 atom stereocenters. The summed E-state index contributed by atoms with van der Waals surface area (Å²) in [5.74, 6) is 0.561. The van der Waals surface area contributed by atoms with E-state index >= 15 is 0 Å². The molecule has 132 valence electrons. The van der Waals surface area contributed by atoms with Crippen LogP contribution in [0.4, 0.5) is 0 Å². The third kappa shape index (κ3) is 5.22. The van der Waals surface area contributed by atoms with Crippen LogP contribution >= 0.6 is 0 Å². The van der Waals surface area contributed by atoms with E-state index in [2.05, 4.69) is 78.9 Å². The second kappa shape index (κ2) is 8.38. The molecule has 1 N–H and O–H groups in total. The van der Waals surface area contributed by atoms with Gasteiger partial charge in [0.15, 0.2) is 0 Å². The second-order valence-corrected chi connectivity index (χ2v) is 7.51. The molecule has 25 heavy (non-hydrogen) atoms. The number of likely N-dealkylation sites (tertiary alicyclic amines) is 1. The molecule has 1 aliphatic heterocycles. The van der Waals surface area contributed by atoms with Gasteiger partial charge in [0.1, 0.15) is 0 Å². The van der Waals surface area contributed by atoms with E-state index in [1.807, 2.05) is 0 Å². The Labute approximate surface area is 152 Å². The van der Waals surface area contributed by atoms with Crippen LogP contribution in [0.2, 0.25) is 0 Å². The van der Waals surface area contributed by atoms with E-state index in [1.165, 1.54) is 29.5 Å². The molecule has 1 fully saturated rings. The van der Waals surface area contributed by atoms with E-state index in [1.54, 1.807) is 0 Å². The van der Waals surface area contributed by atoms with Crippen LogP contribution in [0.25, 0.3) is 0 Å². The molecule has 0 radical (unpaired) electrons. The van der Waals surface area contributed by atoms with Crippen LogP contribution < -0.4 is 5.32 Å². The zero-order valence-corrected chi connectivity index (χ0v) is 15.6. The highest BCUT2D eigenvalue weighted by molar-refractivity contribution is 5.38. The number of hydrogen-bond donors (Lipinski definition) is 1. The lowest BCUT2D eigenvalue weighted by Gasteiger charge is -2.33. The summed E-state index contributed by atoms with van der Waals surface area (Å²) < 4.78 is 0. The number of rotatable bonds is 5. The molecule has 2 heteroatoms. The fraction of sp³-hybridized carbons (Fsp3) is 0.435. The quantitative estimate of drug-likeness (QED) is 0.782. The van der Waals surface area contributed by atoms with Crippen molar-refractivity contribution < 1.29 is 0 Å². The van der Waals surface area contributed by atoms with Gasteiger partial charge in [0.05, 0.1) is 0 Å². The summed E-state index contributed by atoms with van der Waals surface area (Å²) in [6.07, 6.45) is 9.90. The largest absolute Gasteiger partial charge is 0.382 e. The molecule has 2 nitrogen and oxygen atoms in total. The van der Waals surface area contributed by atoms with Gasteiger partial charge in [-0.15, -0.1) is 5.73 Å². The van der Waals surface area contributed by atoms with Crippen molar-refractivity contribution >= 4 is 0 Å². The highest BCUT2D eigenvalue weighted by Gasteiger charge is 2.20. The number of allylic oxidation sites excluding steroid dienone is 2. The molecule has 1 saturated heterocycles. The van der Waals surface area contributed by atoms with E-state index in [0.29, 0.717) is 12.0 Å². The third-order valence-corrected chi connectivity index (χ3v) is 5.13. The van der Waals surface area contributed by atoms with E-state index < -0.39 is 0 Å². The van der Waals surface area contributed by atoms with E-state index in [-0.39, 0.29) is 0 Å². The monoisotopic (exact) mass is 334 g/mol. The Bertz CT molecular complexity index is 699. The number of nitrogens with zero attached hydrogens (tertiary/aromatic N) is 1. The summed E-state index contributed by atoms with van der Waals surface area (Å²) in [7, 11) is 0. The van der Waals surface area contributed by atoms with Crippen molar-refractivity contribution in [2.24, 2.45) is 5.92 Å². The van der Waals surface area contributed by atoms with Crippen molar-refractivity contribution in [3.63, 3.8) is 0 Å². The molecule has 0 saturated carbocycles. The Morgan fingerprint density at radius 3 is 2.88 bits per heavy atom. The zero-order chi connectivity index (χ0) is 17.6. The summed E-state index contributed by atoms with van der Waals surface area (Å²) in [5.41, 5.74) is 8.29. The molecule has 0 bridgehead atoms. The predicted molar refractivity (Wildman–Crippen MR) is 106 cm³/mol. The Hall–Kier alpha value is -2.02. The van der Waals surface area contributed by atoms with Gasteiger partial charge in [0.2, 0.25) is 0 Å². The normalized spacial score (nSPS) is 21.7. The van der Waals surface area contributed by atoms with Crippen LogP contribution in [0.15, 0.2) is 66.1 Å². The standard InChI is InChI=1S/C23H30N2/c1-18-6-5-9-22(11-10-18)20(3)24-23-12-14-25(15-13-23)17-21-8-4-7-19(2)16-21/h4,6-9,11,16,18,23-24H,3,10,12-15,17H2,1-2H3. The van der Waals surface area contributed by atoms with Crippen LogP contribution in [0.1, 0.15) is 37.3 Å². The Balaban J connectivity index is 1.48. The molecule has 1 aromatic rings. The Kier molecular flexibility index (Phi) is 5.96. The highest BCUT2D eigenvalue weighted by atomic mass is 15.1. The van der Waals surface area contributed by atoms with Gasteiger partial charge < -0.3 is 5.32 Å². The number of aryl methyl sites for hydroxylation is 1. The Morgan fingerprint density at radius 1 is 1.32 bits per heavy atom. The Morgan fingerprint density at radius 2 is 2.12 bits per heavy atom. The maximum absolute atomic E-state index is 4.26. The summed E-state index contributed by atoms with van der Waals surface area (Å²) in [6, 6.07) is 9.38.